The molecule has 0 spiro atoms. The van der Waals surface area contributed by atoms with E-state index in [0.717, 1.165) is 11.4 Å². The Morgan fingerprint density at radius 3 is 2.34 bits per heavy atom. The summed E-state index contributed by atoms with van der Waals surface area (Å²) in [7, 11) is 1.56. The van der Waals surface area contributed by atoms with E-state index in [0.29, 0.717) is 41.9 Å². The first-order valence-electron chi connectivity index (χ1n) is 14.0. The van der Waals surface area contributed by atoms with E-state index in [2.05, 4.69) is 20.2 Å². The van der Waals surface area contributed by atoms with Crippen molar-refractivity contribution in [2.24, 2.45) is 0 Å². The van der Waals surface area contributed by atoms with E-state index < -0.39 is 11.7 Å². The summed E-state index contributed by atoms with van der Waals surface area (Å²) in [6.07, 6.45) is 0.884. The molecule has 3 heterocycles. The lowest BCUT2D eigenvalue weighted by molar-refractivity contribution is -0.132. The number of anilines is 4. The number of aromatic nitrogens is 2. The van der Waals surface area contributed by atoms with Crippen molar-refractivity contribution in [3.63, 3.8) is 0 Å². The number of rotatable bonds is 6. The fourth-order valence-corrected chi connectivity index (χ4v) is 5.33. The molecular weight excluding hydrogens is 609 g/mol. The zero-order chi connectivity index (χ0) is 31.6. The van der Waals surface area contributed by atoms with Gasteiger partial charge in [0.25, 0.3) is 5.91 Å². The molecule has 14 heteroatoms. The van der Waals surface area contributed by atoms with Crippen molar-refractivity contribution in [2.45, 2.75) is 26.4 Å². The van der Waals surface area contributed by atoms with Gasteiger partial charge >= 0.3 is 6.09 Å². The Balaban J connectivity index is 1.15. The standard InChI is InChI=1S/C30H33Cl2N7O5/c1-30(2,3)44-29(42)36(4)17-24(40)38-14-12-37(13-15-38)20-10-8-19(9-11-20)34-28-33-16-21-26(35-28)43-18-39(27(21)41)25-22(31)6-5-7-23(25)32/h5-11,16H,12-15,17-18H2,1-4H3,(H,33,34,35). The molecule has 0 unspecified atom stereocenters. The molecule has 2 aromatic carbocycles. The van der Waals surface area contributed by atoms with Crippen LogP contribution in [0.15, 0.2) is 48.7 Å². The van der Waals surface area contributed by atoms with Crippen molar-refractivity contribution >= 4 is 64.1 Å². The minimum absolute atomic E-state index is 0.0345. The Morgan fingerprint density at radius 2 is 1.70 bits per heavy atom. The number of nitrogens with one attached hydrogen (secondary N) is 1. The minimum Gasteiger partial charge on any atom is -0.455 e. The van der Waals surface area contributed by atoms with Gasteiger partial charge in [-0.05, 0) is 57.2 Å². The number of fused-ring (bicyclic) bond motifs is 1. The number of likely N-dealkylation sites (N-methyl/N-ethyl adjacent to an activating group) is 1. The van der Waals surface area contributed by atoms with Gasteiger partial charge in [0.05, 0.1) is 15.7 Å². The molecule has 2 aliphatic heterocycles. The van der Waals surface area contributed by atoms with Crippen molar-refractivity contribution in [1.29, 1.82) is 0 Å². The molecule has 0 aliphatic carbocycles. The molecular formula is C30H33Cl2N7O5. The Bertz CT molecular complexity index is 1540. The Labute approximate surface area is 265 Å². The average molecular weight is 643 g/mol. The maximum absolute atomic E-state index is 13.1. The SMILES string of the molecule is CN(CC(=O)N1CCN(c2ccc(Nc3ncc4c(n3)OCN(c3c(Cl)cccc3Cl)C4=O)cc2)CC1)C(=O)OC(C)(C)C. The van der Waals surface area contributed by atoms with Crippen LogP contribution in [0.3, 0.4) is 0 Å². The van der Waals surface area contributed by atoms with E-state index >= 15 is 0 Å². The van der Waals surface area contributed by atoms with Gasteiger partial charge in [-0.25, -0.2) is 9.78 Å². The molecule has 0 atom stereocenters. The zero-order valence-corrected chi connectivity index (χ0v) is 26.4. The van der Waals surface area contributed by atoms with Gasteiger partial charge in [-0.1, -0.05) is 29.3 Å². The highest BCUT2D eigenvalue weighted by Gasteiger charge is 2.31. The number of para-hydroxylation sites is 1. The number of nitrogens with zero attached hydrogens (tertiary/aromatic N) is 6. The van der Waals surface area contributed by atoms with E-state index in [9.17, 15) is 14.4 Å². The number of hydrogen-bond acceptors (Lipinski definition) is 9. The fourth-order valence-electron chi connectivity index (χ4n) is 4.73. The van der Waals surface area contributed by atoms with Crippen molar-refractivity contribution in [2.75, 3.05) is 61.6 Å². The first-order valence-corrected chi connectivity index (χ1v) is 14.7. The largest absolute Gasteiger partial charge is 0.455 e. The van der Waals surface area contributed by atoms with Gasteiger partial charge in [0.1, 0.15) is 17.7 Å². The topological polar surface area (TPSA) is 120 Å². The van der Waals surface area contributed by atoms with Crippen molar-refractivity contribution < 1.29 is 23.9 Å². The number of ether oxygens (including phenoxy) is 2. The molecule has 2 aliphatic rings. The summed E-state index contributed by atoms with van der Waals surface area (Å²) in [4.78, 5) is 53.4. The summed E-state index contributed by atoms with van der Waals surface area (Å²) in [5, 5.41) is 3.81. The van der Waals surface area contributed by atoms with Gasteiger partial charge in [0.15, 0.2) is 6.73 Å². The van der Waals surface area contributed by atoms with Gasteiger partial charge < -0.3 is 29.5 Å². The van der Waals surface area contributed by atoms with Crippen molar-refractivity contribution in [3.8, 4) is 5.88 Å². The third kappa shape index (κ3) is 7.08. The highest BCUT2D eigenvalue weighted by atomic mass is 35.5. The van der Waals surface area contributed by atoms with Crippen LogP contribution < -0.4 is 19.9 Å². The number of carbonyl (C=O) groups is 3. The molecule has 1 fully saturated rings. The second-order valence-corrected chi connectivity index (χ2v) is 12.2. The lowest BCUT2D eigenvalue weighted by Gasteiger charge is -2.36. The number of amides is 3. The van der Waals surface area contributed by atoms with Crippen LogP contribution in [-0.2, 0) is 9.53 Å². The van der Waals surface area contributed by atoms with E-state index in [1.807, 2.05) is 24.3 Å². The van der Waals surface area contributed by atoms with Crippen LogP contribution in [0.2, 0.25) is 10.0 Å². The highest BCUT2D eigenvalue weighted by Crippen LogP contribution is 2.37. The quantitative estimate of drug-likeness (QED) is 0.395. The number of piperazine rings is 1. The van der Waals surface area contributed by atoms with Gasteiger partial charge in [-0.3, -0.25) is 14.5 Å². The molecule has 0 saturated carbocycles. The van der Waals surface area contributed by atoms with Crippen LogP contribution in [0.1, 0.15) is 31.1 Å². The maximum atomic E-state index is 13.1. The highest BCUT2D eigenvalue weighted by molar-refractivity contribution is 6.40. The molecule has 1 N–H and O–H groups in total. The van der Waals surface area contributed by atoms with Gasteiger partial charge in [0, 0.05) is 50.8 Å². The zero-order valence-electron chi connectivity index (χ0n) is 24.8. The van der Waals surface area contributed by atoms with Crippen LogP contribution in [0, 0.1) is 0 Å². The summed E-state index contributed by atoms with van der Waals surface area (Å²) in [6.45, 7) is 7.64. The first-order chi connectivity index (χ1) is 20.9. The summed E-state index contributed by atoms with van der Waals surface area (Å²) in [5.41, 5.74) is 1.70. The molecule has 3 amide bonds. The van der Waals surface area contributed by atoms with Gasteiger partial charge in [0.2, 0.25) is 17.7 Å². The minimum atomic E-state index is -0.621. The molecule has 232 valence electrons. The third-order valence-corrected chi connectivity index (χ3v) is 7.58. The van der Waals surface area contributed by atoms with E-state index in [1.54, 1.807) is 50.9 Å². The van der Waals surface area contributed by atoms with E-state index in [4.69, 9.17) is 32.7 Å². The van der Waals surface area contributed by atoms with Crippen LogP contribution in [-0.4, -0.2) is 89.8 Å². The normalized spacial score (nSPS) is 15.0. The molecule has 0 bridgehead atoms. The van der Waals surface area contributed by atoms with E-state index in [-0.39, 0.29) is 42.5 Å². The predicted octanol–water partition coefficient (Wildman–Crippen LogP) is 5.04. The van der Waals surface area contributed by atoms with Crippen molar-refractivity contribution in [3.05, 3.63) is 64.3 Å². The summed E-state index contributed by atoms with van der Waals surface area (Å²) in [6, 6.07) is 12.7. The smallest absolute Gasteiger partial charge is 0.410 e. The molecule has 12 nitrogen and oxygen atoms in total. The monoisotopic (exact) mass is 641 g/mol. The molecule has 1 saturated heterocycles. The van der Waals surface area contributed by atoms with Crippen LogP contribution in [0.4, 0.5) is 27.8 Å². The summed E-state index contributed by atoms with van der Waals surface area (Å²) in [5.74, 6) is -0.0482. The first kappa shape index (κ1) is 31.1. The van der Waals surface area contributed by atoms with Crippen LogP contribution in [0.25, 0.3) is 0 Å². The van der Waals surface area contributed by atoms with Crippen LogP contribution in [0.5, 0.6) is 5.88 Å². The Kier molecular flexibility index (Phi) is 9.02. The summed E-state index contributed by atoms with van der Waals surface area (Å²) >= 11 is 12.6. The average Bonchev–Trinajstić information content (AvgIpc) is 2.98. The second-order valence-electron chi connectivity index (χ2n) is 11.4. The Hall–Kier alpha value is -4.29. The molecule has 3 aromatic rings. The lowest BCUT2D eigenvalue weighted by atomic mass is 10.2. The summed E-state index contributed by atoms with van der Waals surface area (Å²) < 4.78 is 11.1. The van der Waals surface area contributed by atoms with Gasteiger partial charge in [-0.2, -0.15) is 4.98 Å². The van der Waals surface area contributed by atoms with Gasteiger partial charge in [-0.15, -0.1) is 0 Å². The fraction of sp³-hybridized carbons (Fsp3) is 0.367. The number of carbonyl (C=O) groups excluding carboxylic acids is 3. The predicted molar refractivity (Wildman–Crippen MR) is 168 cm³/mol. The number of hydrogen-bond donors (Lipinski definition) is 1. The molecule has 0 radical (unpaired) electrons. The number of halogens is 2. The van der Waals surface area contributed by atoms with E-state index in [1.165, 1.54) is 16.0 Å². The number of benzene rings is 2. The molecule has 5 rings (SSSR count). The molecule has 1 aromatic heterocycles. The lowest BCUT2D eigenvalue weighted by Crippen LogP contribution is -2.51. The third-order valence-electron chi connectivity index (χ3n) is 6.97. The molecule has 44 heavy (non-hydrogen) atoms. The van der Waals surface area contributed by atoms with Crippen LogP contribution >= 0.6 is 23.2 Å². The second kappa shape index (κ2) is 12.7. The van der Waals surface area contributed by atoms with Crippen molar-refractivity contribution in [1.82, 2.24) is 19.8 Å². The Morgan fingerprint density at radius 1 is 1.05 bits per heavy atom. The maximum Gasteiger partial charge on any atom is 0.410 e.